The van der Waals surface area contributed by atoms with Crippen LogP contribution in [0.4, 0.5) is 0 Å². The summed E-state index contributed by atoms with van der Waals surface area (Å²) in [6, 6.07) is 5.69. The van der Waals surface area contributed by atoms with Crippen LogP contribution in [0.15, 0.2) is 16.6 Å². The van der Waals surface area contributed by atoms with E-state index in [2.05, 4.69) is 32.2 Å². The second-order valence-corrected chi connectivity index (χ2v) is 5.63. The van der Waals surface area contributed by atoms with Crippen LogP contribution in [0.1, 0.15) is 18.0 Å². The molecule has 0 aliphatic carbocycles. The van der Waals surface area contributed by atoms with Crippen molar-refractivity contribution < 1.29 is 9.84 Å². The van der Waals surface area contributed by atoms with Gasteiger partial charge in [-0.25, -0.2) is 0 Å². The van der Waals surface area contributed by atoms with E-state index in [1.54, 1.807) is 6.07 Å². The number of hydrogen-bond donors (Lipinski definition) is 2. The predicted molar refractivity (Wildman–Crippen MR) is 79.8 cm³/mol. The maximum Gasteiger partial charge on any atom is 0.162 e. The first-order valence-corrected chi connectivity index (χ1v) is 7.34. The SMILES string of the molecule is COc1cc(Br)cc([C@@H](CC#N)N2CCNCC2)c1O. The number of nitrogens with zero attached hydrogens (tertiary/aromatic N) is 2. The molecule has 1 aromatic carbocycles. The van der Waals surface area contributed by atoms with Gasteiger partial charge in [0.2, 0.25) is 0 Å². The molecule has 1 fully saturated rings. The summed E-state index contributed by atoms with van der Waals surface area (Å²) in [7, 11) is 1.52. The molecule has 1 aliphatic rings. The highest BCUT2D eigenvalue weighted by Crippen LogP contribution is 2.40. The molecule has 20 heavy (non-hydrogen) atoms. The number of nitriles is 1. The van der Waals surface area contributed by atoms with E-state index in [0.717, 1.165) is 36.2 Å². The minimum absolute atomic E-state index is 0.117. The van der Waals surface area contributed by atoms with Crippen molar-refractivity contribution >= 4 is 15.9 Å². The topological polar surface area (TPSA) is 68.5 Å². The Bertz CT molecular complexity index is 510. The van der Waals surface area contributed by atoms with E-state index in [4.69, 9.17) is 10.00 Å². The first-order valence-electron chi connectivity index (χ1n) is 6.55. The summed E-state index contributed by atoms with van der Waals surface area (Å²) in [5.74, 6) is 0.543. The monoisotopic (exact) mass is 339 g/mol. The lowest BCUT2D eigenvalue weighted by molar-refractivity contribution is 0.172. The zero-order valence-electron chi connectivity index (χ0n) is 11.4. The Balaban J connectivity index is 2.38. The quantitative estimate of drug-likeness (QED) is 0.878. The number of nitrogens with one attached hydrogen (secondary N) is 1. The van der Waals surface area contributed by atoms with Crippen LogP contribution < -0.4 is 10.1 Å². The predicted octanol–water partition coefficient (Wildman–Crippen LogP) is 2.02. The van der Waals surface area contributed by atoms with Gasteiger partial charge >= 0.3 is 0 Å². The fourth-order valence-corrected chi connectivity index (χ4v) is 2.97. The molecule has 0 unspecified atom stereocenters. The van der Waals surface area contributed by atoms with Crippen molar-refractivity contribution in [3.63, 3.8) is 0 Å². The summed E-state index contributed by atoms with van der Waals surface area (Å²) in [5.41, 5.74) is 0.736. The van der Waals surface area contributed by atoms with Crippen LogP contribution >= 0.6 is 15.9 Å². The van der Waals surface area contributed by atoms with Crippen molar-refractivity contribution in [1.82, 2.24) is 10.2 Å². The fourth-order valence-electron chi connectivity index (χ4n) is 2.52. The number of ether oxygens (including phenoxy) is 1. The van der Waals surface area contributed by atoms with Gasteiger partial charge in [0, 0.05) is 36.2 Å². The Morgan fingerprint density at radius 3 is 2.80 bits per heavy atom. The smallest absolute Gasteiger partial charge is 0.162 e. The van der Waals surface area contributed by atoms with Gasteiger partial charge in [-0.05, 0) is 12.1 Å². The van der Waals surface area contributed by atoms with Crippen LogP contribution in [0, 0.1) is 11.3 Å². The molecule has 0 amide bonds. The van der Waals surface area contributed by atoms with Crippen molar-refractivity contribution in [3.8, 4) is 17.6 Å². The van der Waals surface area contributed by atoms with Crippen molar-refractivity contribution in [2.45, 2.75) is 12.5 Å². The number of hydrogen-bond acceptors (Lipinski definition) is 5. The average Bonchev–Trinajstić information content (AvgIpc) is 2.48. The molecule has 1 aliphatic heterocycles. The molecule has 1 heterocycles. The number of rotatable bonds is 4. The minimum atomic E-state index is -0.117. The molecule has 0 aromatic heterocycles. The van der Waals surface area contributed by atoms with Crippen LogP contribution in [-0.2, 0) is 0 Å². The van der Waals surface area contributed by atoms with E-state index in [1.165, 1.54) is 7.11 Å². The van der Waals surface area contributed by atoms with E-state index < -0.39 is 0 Å². The Morgan fingerprint density at radius 2 is 2.20 bits per heavy atom. The van der Waals surface area contributed by atoms with Crippen molar-refractivity contribution in [2.75, 3.05) is 33.3 Å². The zero-order chi connectivity index (χ0) is 14.5. The van der Waals surface area contributed by atoms with Gasteiger partial charge in [0.05, 0.1) is 25.6 Å². The molecule has 2 rings (SSSR count). The van der Waals surface area contributed by atoms with Gasteiger partial charge in [0.15, 0.2) is 11.5 Å². The Kier molecular flexibility index (Phi) is 5.24. The van der Waals surface area contributed by atoms with Crippen molar-refractivity contribution in [1.29, 1.82) is 5.26 Å². The highest BCUT2D eigenvalue weighted by atomic mass is 79.9. The zero-order valence-corrected chi connectivity index (χ0v) is 13.0. The first kappa shape index (κ1) is 15.1. The van der Waals surface area contributed by atoms with Crippen molar-refractivity contribution in [2.24, 2.45) is 0 Å². The van der Waals surface area contributed by atoms with E-state index in [9.17, 15) is 5.11 Å². The van der Waals surface area contributed by atoms with Gasteiger partial charge in [0.25, 0.3) is 0 Å². The maximum atomic E-state index is 10.3. The van der Waals surface area contributed by atoms with Gasteiger partial charge in [-0.3, -0.25) is 4.90 Å². The lowest BCUT2D eigenvalue weighted by Gasteiger charge is -2.34. The van der Waals surface area contributed by atoms with Gasteiger partial charge in [-0.15, -0.1) is 0 Å². The van der Waals surface area contributed by atoms with Gasteiger partial charge in [0.1, 0.15) is 0 Å². The van der Waals surface area contributed by atoms with Crippen LogP contribution in [0.25, 0.3) is 0 Å². The molecular formula is C14H18BrN3O2. The van der Waals surface area contributed by atoms with Gasteiger partial charge in [-0.1, -0.05) is 15.9 Å². The third-order valence-electron chi connectivity index (χ3n) is 3.53. The molecule has 108 valence electrons. The third kappa shape index (κ3) is 3.23. The van der Waals surface area contributed by atoms with E-state index in [-0.39, 0.29) is 11.8 Å². The molecule has 0 saturated carbocycles. The molecular weight excluding hydrogens is 322 g/mol. The number of phenols is 1. The van der Waals surface area contributed by atoms with Crippen LogP contribution in [0.3, 0.4) is 0 Å². The number of methoxy groups -OCH3 is 1. The highest BCUT2D eigenvalue weighted by molar-refractivity contribution is 9.10. The lowest BCUT2D eigenvalue weighted by atomic mass is 10.00. The molecule has 5 nitrogen and oxygen atoms in total. The molecule has 0 spiro atoms. The van der Waals surface area contributed by atoms with E-state index in [1.807, 2.05) is 6.07 Å². The Hall–Kier alpha value is -1.29. The second kappa shape index (κ2) is 6.93. The standard InChI is InChI=1S/C14H18BrN3O2/c1-20-13-9-10(15)8-11(14(13)19)12(2-3-16)18-6-4-17-5-7-18/h8-9,12,17,19H,2,4-7H2,1H3/t12-/m1/s1. The Morgan fingerprint density at radius 1 is 1.50 bits per heavy atom. The van der Waals surface area contributed by atoms with Crippen LogP contribution in [0.2, 0.25) is 0 Å². The minimum Gasteiger partial charge on any atom is -0.504 e. The molecule has 1 aromatic rings. The van der Waals surface area contributed by atoms with Gasteiger partial charge < -0.3 is 15.2 Å². The number of phenolic OH excluding ortho intramolecular Hbond substituents is 1. The molecule has 0 radical (unpaired) electrons. The largest absolute Gasteiger partial charge is 0.504 e. The summed E-state index contributed by atoms with van der Waals surface area (Å²) in [5, 5.41) is 22.7. The van der Waals surface area contributed by atoms with Crippen LogP contribution in [0.5, 0.6) is 11.5 Å². The molecule has 0 bridgehead atoms. The Labute approximate surface area is 127 Å². The molecule has 2 N–H and O–H groups in total. The maximum absolute atomic E-state index is 10.3. The summed E-state index contributed by atoms with van der Waals surface area (Å²) in [6.07, 6.45) is 0.340. The van der Waals surface area contributed by atoms with Gasteiger partial charge in [-0.2, -0.15) is 5.26 Å². The summed E-state index contributed by atoms with van der Waals surface area (Å²) in [6.45, 7) is 3.52. The highest BCUT2D eigenvalue weighted by Gasteiger charge is 2.26. The normalized spacial score (nSPS) is 17.4. The van der Waals surface area contributed by atoms with E-state index in [0.29, 0.717) is 12.2 Å². The summed E-state index contributed by atoms with van der Waals surface area (Å²) in [4.78, 5) is 2.22. The number of aromatic hydroxyl groups is 1. The lowest BCUT2D eigenvalue weighted by Crippen LogP contribution is -2.45. The van der Waals surface area contributed by atoms with Crippen LogP contribution in [-0.4, -0.2) is 43.3 Å². The first-order chi connectivity index (χ1) is 9.67. The molecule has 1 saturated heterocycles. The fraction of sp³-hybridized carbons (Fsp3) is 0.500. The molecule has 1 atom stereocenters. The third-order valence-corrected chi connectivity index (χ3v) is 3.98. The summed E-state index contributed by atoms with van der Waals surface area (Å²) < 4.78 is 6.02. The second-order valence-electron chi connectivity index (χ2n) is 4.71. The van der Waals surface area contributed by atoms with Crippen molar-refractivity contribution in [3.05, 3.63) is 22.2 Å². The summed E-state index contributed by atoms with van der Waals surface area (Å²) >= 11 is 3.43. The number of benzene rings is 1. The molecule has 6 heteroatoms. The number of piperazine rings is 1. The average molecular weight is 340 g/mol. The number of halogens is 1. The van der Waals surface area contributed by atoms with E-state index >= 15 is 0 Å².